The summed E-state index contributed by atoms with van der Waals surface area (Å²) in [5, 5.41) is 8.54. The highest BCUT2D eigenvalue weighted by molar-refractivity contribution is 14.1. The van der Waals surface area contributed by atoms with Crippen LogP contribution in [0.3, 0.4) is 0 Å². The van der Waals surface area contributed by atoms with Crippen molar-refractivity contribution in [2.45, 2.75) is 11.3 Å². The maximum absolute atomic E-state index is 10.7. The Morgan fingerprint density at radius 1 is 1.43 bits per heavy atom. The summed E-state index contributed by atoms with van der Waals surface area (Å²) < 4.78 is -0.0194. The van der Waals surface area contributed by atoms with Gasteiger partial charge in [-0.3, -0.25) is 10.2 Å². The topological polar surface area (TPSA) is 40.9 Å². The summed E-state index contributed by atoms with van der Waals surface area (Å²) in [5.41, 5.74) is 0. The first-order chi connectivity index (χ1) is 6.58. The number of carbonyl (C=O) groups is 1. The molecular weight excluding hydrogens is 333 g/mol. The van der Waals surface area contributed by atoms with Crippen molar-refractivity contribution in [2.24, 2.45) is 0 Å². The van der Waals surface area contributed by atoms with Gasteiger partial charge in [0, 0.05) is 9.92 Å². The Bertz CT molecular complexity index is 352. The number of hydrogen-bond donors (Lipinski definition) is 1. The fourth-order valence-electron chi connectivity index (χ4n) is 0.807. The van der Waals surface area contributed by atoms with Gasteiger partial charge in [0.2, 0.25) is 0 Å². The molecule has 0 heterocycles. The molecule has 1 N–H and O–H groups in total. The summed E-state index contributed by atoms with van der Waals surface area (Å²) in [6.07, 6.45) is 0.188. The molecule has 0 radical (unpaired) electrons. The lowest BCUT2D eigenvalue weighted by Crippen LogP contribution is -1.95. The zero-order valence-corrected chi connectivity index (χ0v) is 10.8. The van der Waals surface area contributed by atoms with Gasteiger partial charge in [-0.25, -0.2) is 0 Å². The summed E-state index contributed by atoms with van der Waals surface area (Å²) in [6.45, 7) is 0. The molecule has 0 aromatic heterocycles. The van der Waals surface area contributed by atoms with Crippen LogP contribution in [0.1, 0.15) is 6.42 Å². The van der Waals surface area contributed by atoms with Crippen LogP contribution >= 0.6 is 46.0 Å². The van der Waals surface area contributed by atoms with Crippen LogP contribution in [0.25, 0.3) is 0 Å². The Labute approximate surface area is 105 Å². The summed E-state index contributed by atoms with van der Waals surface area (Å²) >= 11 is 8.69. The maximum Gasteiger partial charge on any atom is 0.198 e. The Hall–Kier alpha value is -0.0700. The van der Waals surface area contributed by atoms with Crippen molar-refractivity contribution >= 4 is 54.8 Å². The fourth-order valence-corrected chi connectivity index (χ4v) is 2.33. The number of nitrogens with one attached hydrogen (secondary N) is 1. The van der Waals surface area contributed by atoms with Gasteiger partial charge in [-0.05, 0) is 46.9 Å². The number of thioether (sulfide) groups is 1. The third-order valence-corrected chi connectivity index (χ3v) is 2.89. The summed E-state index contributed by atoms with van der Waals surface area (Å²) in [5.74, 6) is 0. The van der Waals surface area contributed by atoms with E-state index in [0.717, 1.165) is 4.90 Å². The van der Waals surface area contributed by atoms with E-state index >= 15 is 0 Å². The second-order valence-corrected chi connectivity index (χ2v) is 5.32. The highest BCUT2D eigenvalue weighted by Crippen LogP contribution is 2.22. The Kier molecular flexibility index (Phi) is 4.91. The summed E-state index contributed by atoms with van der Waals surface area (Å²) in [4.78, 5) is 11.6. The molecule has 0 aliphatic heterocycles. The number of carbonyl (C=O) groups excluding carboxylic acids is 1. The molecule has 5 heteroatoms. The molecule has 0 saturated carbocycles. The molecule has 2 nitrogen and oxygen atoms in total. The largest absolute Gasteiger partial charge is 0.298 e. The van der Waals surface area contributed by atoms with Crippen molar-refractivity contribution in [1.82, 2.24) is 0 Å². The Morgan fingerprint density at radius 3 is 2.50 bits per heavy atom. The quantitative estimate of drug-likeness (QED) is 0.299. The monoisotopic (exact) mass is 339 g/mol. The molecule has 0 unspecified atom stereocenters. The number of hydrogen-bond acceptors (Lipinski definition) is 3. The fraction of sp³-hybridized carbons (Fsp3) is 0.111. The molecule has 0 bridgehead atoms. The Balaban J connectivity index is 2.56. The van der Waals surface area contributed by atoms with E-state index in [1.54, 1.807) is 34.7 Å². The second-order valence-electron chi connectivity index (χ2n) is 2.51. The van der Waals surface area contributed by atoms with Crippen LogP contribution in [0.2, 0.25) is 5.02 Å². The summed E-state index contributed by atoms with van der Waals surface area (Å²) in [7, 11) is 0. The molecule has 0 aliphatic carbocycles. The number of halogens is 2. The highest BCUT2D eigenvalue weighted by Gasteiger charge is 2.04. The van der Waals surface area contributed by atoms with Crippen molar-refractivity contribution in [3.8, 4) is 0 Å². The molecule has 0 amide bonds. The van der Waals surface area contributed by atoms with Crippen LogP contribution in [0.5, 0.6) is 0 Å². The SMILES string of the molecule is N=C(CC(=O)I)Sc1ccc(Cl)cc1. The van der Waals surface area contributed by atoms with Crippen LogP contribution in [-0.2, 0) is 4.79 Å². The lowest BCUT2D eigenvalue weighted by atomic mass is 10.4. The van der Waals surface area contributed by atoms with E-state index < -0.39 is 0 Å². The minimum absolute atomic E-state index is 0.0194. The van der Waals surface area contributed by atoms with E-state index in [-0.39, 0.29) is 10.2 Å². The van der Waals surface area contributed by atoms with Gasteiger partial charge in [-0.2, -0.15) is 0 Å². The molecule has 74 valence electrons. The minimum atomic E-state index is -0.0194. The number of benzene rings is 1. The second kappa shape index (κ2) is 5.72. The van der Waals surface area contributed by atoms with E-state index in [9.17, 15) is 4.79 Å². The van der Waals surface area contributed by atoms with Gasteiger partial charge in [-0.15, -0.1) is 0 Å². The molecule has 0 aliphatic rings. The van der Waals surface area contributed by atoms with Gasteiger partial charge in [0.15, 0.2) is 3.79 Å². The van der Waals surface area contributed by atoms with Crippen molar-refractivity contribution in [3.05, 3.63) is 29.3 Å². The van der Waals surface area contributed by atoms with Crippen LogP contribution in [0, 0.1) is 5.41 Å². The molecule has 0 fully saturated rings. The first-order valence-electron chi connectivity index (χ1n) is 3.77. The standard InChI is InChI=1S/C9H7ClINOS/c10-6-1-3-7(4-2-6)14-9(12)5-8(11)13/h1-4,12H,5H2. The van der Waals surface area contributed by atoms with E-state index in [2.05, 4.69) is 0 Å². The molecule has 0 saturated heterocycles. The summed E-state index contributed by atoms with van der Waals surface area (Å²) in [6, 6.07) is 7.20. The lowest BCUT2D eigenvalue weighted by Gasteiger charge is -2.00. The van der Waals surface area contributed by atoms with E-state index in [1.165, 1.54) is 11.8 Å². The van der Waals surface area contributed by atoms with Gasteiger partial charge in [0.25, 0.3) is 0 Å². The third-order valence-electron chi connectivity index (χ3n) is 1.35. The smallest absolute Gasteiger partial charge is 0.198 e. The molecule has 1 aromatic carbocycles. The van der Waals surface area contributed by atoms with Crippen LogP contribution in [0.4, 0.5) is 0 Å². The third kappa shape index (κ3) is 4.43. The molecule has 1 aromatic rings. The predicted octanol–water partition coefficient (Wildman–Crippen LogP) is 3.76. The molecule has 0 atom stereocenters. The van der Waals surface area contributed by atoms with Crippen LogP contribution in [0.15, 0.2) is 29.2 Å². The van der Waals surface area contributed by atoms with Gasteiger partial charge < -0.3 is 0 Å². The first-order valence-corrected chi connectivity index (χ1v) is 6.04. The predicted molar refractivity (Wildman–Crippen MR) is 68.7 cm³/mol. The zero-order valence-electron chi connectivity index (χ0n) is 7.09. The highest BCUT2D eigenvalue weighted by atomic mass is 127. The van der Waals surface area contributed by atoms with Crippen LogP contribution < -0.4 is 0 Å². The average Bonchev–Trinajstić information content (AvgIpc) is 2.07. The van der Waals surface area contributed by atoms with Gasteiger partial charge in [0.05, 0.1) is 11.5 Å². The molecular formula is C9H7ClINOS. The van der Waals surface area contributed by atoms with Gasteiger partial charge in [-0.1, -0.05) is 23.4 Å². The minimum Gasteiger partial charge on any atom is -0.298 e. The molecule has 1 rings (SSSR count). The average molecular weight is 340 g/mol. The van der Waals surface area contributed by atoms with Crippen molar-refractivity contribution in [2.75, 3.05) is 0 Å². The lowest BCUT2D eigenvalue weighted by molar-refractivity contribution is -0.108. The zero-order chi connectivity index (χ0) is 10.6. The maximum atomic E-state index is 10.7. The number of rotatable bonds is 3. The van der Waals surface area contributed by atoms with Crippen molar-refractivity contribution < 1.29 is 4.79 Å². The Morgan fingerprint density at radius 2 is 2.00 bits per heavy atom. The van der Waals surface area contributed by atoms with Gasteiger partial charge >= 0.3 is 0 Å². The molecule has 0 spiro atoms. The van der Waals surface area contributed by atoms with Gasteiger partial charge in [0.1, 0.15) is 0 Å². The molecule has 14 heavy (non-hydrogen) atoms. The van der Waals surface area contributed by atoms with Crippen LogP contribution in [-0.4, -0.2) is 8.83 Å². The van der Waals surface area contributed by atoms with Crippen molar-refractivity contribution in [3.63, 3.8) is 0 Å². The van der Waals surface area contributed by atoms with E-state index in [0.29, 0.717) is 10.1 Å². The first kappa shape index (κ1) is 12.0. The van der Waals surface area contributed by atoms with E-state index in [1.807, 2.05) is 12.1 Å². The van der Waals surface area contributed by atoms with Crippen molar-refractivity contribution in [1.29, 1.82) is 5.41 Å². The normalized spacial score (nSPS) is 9.86. The van der Waals surface area contributed by atoms with E-state index in [4.69, 9.17) is 17.0 Å².